The van der Waals surface area contributed by atoms with Crippen molar-refractivity contribution in [2.24, 2.45) is 5.92 Å². The molecule has 14 heavy (non-hydrogen) atoms. The number of hydrogen-bond donors (Lipinski definition) is 2. The molecular weight excluding hydrogens is 178 g/mol. The second-order valence-corrected chi connectivity index (χ2v) is 5.12. The van der Waals surface area contributed by atoms with E-state index >= 15 is 0 Å². The summed E-state index contributed by atoms with van der Waals surface area (Å²) < 4.78 is 0. The number of aliphatic hydroxyl groups is 1. The predicted octanol–water partition coefficient (Wildman–Crippen LogP) is 1.61. The highest BCUT2D eigenvalue weighted by atomic mass is 16.7. The third-order valence-electron chi connectivity index (χ3n) is 3.70. The fraction of sp³-hybridized carbons (Fsp3) is 1.00. The van der Waals surface area contributed by atoms with E-state index in [2.05, 4.69) is 19.3 Å². The molecule has 1 aliphatic carbocycles. The summed E-state index contributed by atoms with van der Waals surface area (Å²) in [6.07, 6.45) is 5.06. The lowest BCUT2D eigenvalue weighted by molar-refractivity contribution is -0.107. The molecule has 0 aromatic heterocycles. The molecule has 0 bridgehead atoms. The van der Waals surface area contributed by atoms with Gasteiger partial charge in [0.2, 0.25) is 0 Å². The molecule has 2 fully saturated rings. The highest BCUT2D eigenvalue weighted by Crippen LogP contribution is 2.37. The molecule has 0 aromatic carbocycles. The van der Waals surface area contributed by atoms with Crippen LogP contribution in [-0.4, -0.2) is 22.9 Å². The quantitative estimate of drug-likeness (QED) is 0.710. The van der Waals surface area contributed by atoms with Gasteiger partial charge >= 0.3 is 0 Å². The minimum Gasteiger partial charge on any atom is -0.387 e. The maximum atomic E-state index is 10.3. The van der Waals surface area contributed by atoms with Gasteiger partial charge in [-0.2, -0.15) is 5.48 Å². The number of hydrogen-bond acceptors (Lipinski definition) is 3. The van der Waals surface area contributed by atoms with Crippen LogP contribution in [0.15, 0.2) is 0 Å². The predicted molar refractivity (Wildman–Crippen MR) is 54.7 cm³/mol. The van der Waals surface area contributed by atoms with Crippen LogP contribution in [0.25, 0.3) is 0 Å². The van der Waals surface area contributed by atoms with Crippen molar-refractivity contribution in [3.05, 3.63) is 0 Å². The zero-order valence-electron chi connectivity index (χ0n) is 9.12. The Morgan fingerprint density at radius 3 is 2.50 bits per heavy atom. The summed E-state index contributed by atoms with van der Waals surface area (Å²) in [7, 11) is 0. The van der Waals surface area contributed by atoms with Gasteiger partial charge in [0.05, 0.1) is 5.60 Å². The van der Waals surface area contributed by atoms with E-state index in [0.717, 1.165) is 32.1 Å². The van der Waals surface area contributed by atoms with Crippen molar-refractivity contribution in [1.29, 1.82) is 0 Å². The molecule has 1 saturated carbocycles. The van der Waals surface area contributed by atoms with Crippen LogP contribution in [0.5, 0.6) is 0 Å². The van der Waals surface area contributed by atoms with Gasteiger partial charge in [-0.25, -0.2) is 0 Å². The summed E-state index contributed by atoms with van der Waals surface area (Å²) in [6, 6.07) is 0.407. The average molecular weight is 199 g/mol. The molecule has 2 aliphatic rings. The molecule has 3 nitrogen and oxygen atoms in total. The van der Waals surface area contributed by atoms with Gasteiger partial charge in [-0.3, -0.25) is 4.84 Å². The maximum absolute atomic E-state index is 10.3. The van der Waals surface area contributed by atoms with E-state index in [1.807, 2.05) is 0 Å². The molecule has 82 valence electrons. The Balaban J connectivity index is 1.94. The van der Waals surface area contributed by atoms with Gasteiger partial charge in [-0.1, -0.05) is 26.7 Å². The van der Waals surface area contributed by atoms with Crippen molar-refractivity contribution in [2.45, 2.75) is 63.7 Å². The lowest BCUT2D eigenvalue weighted by Crippen LogP contribution is -2.39. The third-order valence-corrected chi connectivity index (χ3v) is 3.70. The highest BCUT2D eigenvalue weighted by molar-refractivity contribution is 4.95. The zero-order chi connectivity index (χ0) is 10.2. The van der Waals surface area contributed by atoms with Gasteiger partial charge in [0.1, 0.15) is 6.10 Å². The van der Waals surface area contributed by atoms with Gasteiger partial charge in [-0.15, -0.1) is 0 Å². The molecule has 2 rings (SSSR count). The Morgan fingerprint density at radius 2 is 2.00 bits per heavy atom. The molecule has 0 aromatic rings. The van der Waals surface area contributed by atoms with Gasteiger partial charge in [0, 0.05) is 6.04 Å². The zero-order valence-corrected chi connectivity index (χ0v) is 9.12. The molecule has 1 heterocycles. The van der Waals surface area contributed by atoms with Crippen LogP contribution < -0.4 is 5.48 Å². The standard InChI is InChI=1S/C11H21NO2/c1-8(2)9-7-10(14-12-9)11(13)5-3-4-6-11/h8-10,12-13H,3-7H2,1-2H3. The minimum absolute atomic E-state index is 0.0115. The summed E-state index contributed by atoms with van der Waals surface area (Å²) in [5.74, 6) is 0.574. The molecular formula is C11H21NO2. The molecule has 2 atom stereocenters. The average Bonchev–Trinajstić information content (AvgIpc) is 2.71. The Morgan fingerprint density at radius 1 is 1.36 bits per heavy atom. The lowest BCUT2D eigenvalue weighted by atomic mass is 9.88. The van der Waals surface area contributed by atoms with Crippen LogP contribution in [-0.2, 0) is 4.84 Å². The summed E-state index contributed by atoms with van der Waals surface area (Å²) >= 11 is 0. The van der Waals surface area contributed by atoms with Crippen molar-refractivity contribution in [1.82, 2.24) is 5.48 Å². The maximum Gasteiger partial charge on any atom is 0.109 e. The molecule has 0 amide bonds. The smallest absolute Gasteiger partial charge is 0.109 e. The largest absolute Gasteiger partial charge is 0.387 e. The fourth-order valence-corrected chi connectivity index (χ4v) is 2.54. The fourth-order valence-electron chi connectivity index (χ4n) is 2.54. The van der Waals surface area contributed by atoms with Crippen LogP contribution in [0.1, 0.15) is 46.0 Å². The van der Waals surface area contributed by atoms with E-state index < -0.39 is 5.60 Å². The minimum atomic E-state index is -0.545. The van der Waals surface area contributed by atoms with Crippen LogP contribution in [0, 0.1) is 5.92 Å². The highest BCUT2D eigenvalue weighted by Gasteiger charge is 2.44. The topological polar surface area (TPSA) is 41.5 Å². The molecule has 0 radical (unpaired) electrons. The first kappa shape index (κ1) is 10.4. The van der Waals surface area contributed by atoms with Crippen molar-refractivity contribution in [3.63, 3.8) is 0 Å². The molecule has 1 saturated heterocycles. The second-order valence-electron chi connectivity index (χ2n) is 5.12. The molecule has 2 N–H and O–H groups in total. The number of hydroxylamine groups is 1. The van der Waals surface area contributed by atoms with Crippen LogP contribution in [0.2, 0.25) is 0 Å². The van der Waals surface area contributed by atoms with Gasteiger partial charge in [0.15, 0.2) is 0 Å². The summed E-state index contributed by atoms with van der Waals surface area (Å²) in [5, 5.41) is 10.3. The first-order valence-electron chi connectivity index (χ1n) is 5.75. The monoisotopic (exact) mass is 199 g/mol. The molecule has 2 unspecified atom stereocenters. The van der Waals surface area contributed by atoms with Crippen molar-refractivity contribution >= 4 is 0 Å². The Bertz CT molecular complexity index is 199. The first-order chi connectivity index (χ1) is 6.62. The van der Waals surface area contributed by atoms with Crippen molar-refractivity contribution < 1.29 is 9.94 Å². The Hall–Kier alpha value is -0.120. The second kappa shape index (κ2) is 3.80. The number of nitrogens with one attached hydrogen (secondary N) is 1. The Kier molecular flexibility index (Phi) is 2.82. The summed E-state index contributed by atoms with van der Waals surface area (Å²) in [6.45, 7) is 4.37. The summed E-state index contributed by atoms with van der Waals surface area (Å²) in [5.41, 5.74) is 2.50. The first-order valence-corrected chi connectivity index (χ1v) is 5.75. The third kappa shape index (κ3) is 1.81. The lowest BCUT2D eigenvalue weighted by Gasteiger charge is -2.27. The molecule has 0 spiro atoms. The normalized spacial score (nSPS) is 36.9. The van der Waals surface area contributed by atoms with Crippen molar-refractivity contribution in [2.75, 3.05) is 0 Å². The van der Waals surface area contributed by atoms with E-state index in [9.17, 15) is 5.11 Å². The molecule has 3 heteroatoms. The number of rotatable bonds is 2. The van der Waals surface area contributed by atoms with E-state index in [4.69, 9.17) is 4.84 Å². The van der Waals surface area contributed by atoms with E-state index in [1.165, 1.54) is 0 Å². The van der Waals surface area contributed by atoms with Gasteiger partial charge in [-0.05, 0) is 25.2 Å². The van der Waals surface area contributed by atoms with Crippen LogP contribution >= 0.6 is 0 Å². The SMILES string of the molecule is CC(C)C1CC(C2(O)CCCC2)ON1. The van der Waals surface area contributed by atoms with E-state index in [-0.39, 0.29) is 6.10 Å². The molecule has 1 aliphatic heterocycles. The van der Waals surface area contributed by atoms with E-state index in [1.54, 1.807) is 0 Å². The van der Waals surface area contributed by atoms with E-state index in [0.29, 0.717) is 12.0 Å². The summed E-state index contributed by atoms with van der Waals surface area (Å²) in [4.78, 5) is 5.51. The van der Waals surface area contributed by atoms with Gasteiger partial charge < -0.3 is 5.11 Å². The van der Waals surface area contributed by atoms with Crippen LogP contribution in [0.3, 0.4) is 0 Å². The van der Waals surface area contributed by atoms with Crippen LogP contribution in [0.4, 0.5) is 0 Å². The van der Waals surface area contributed by atoms with Gasteiger partial charge in [0.25, 0.3) is 0 Å². The van der Waals surface area contributed by atoms with Crippen molar-refractivity contribution in [3.8, 4) is 0 Å². The Labute approximate surface area is 85.8 Å².